The van der Waals surface area contributed by atoms with Gasteiger partial charge in [0.25, 0.3) is 0 Å². The Kier molecular flexibility index (Phi) is 5.38. The highest BCUT2D eigenvalue weighted by Crippen LogP contribution is 2.34. The molecule has 1 atom stereocenters. The van der Waals surface area contributed by atoms with Crippen molar-refractivity contribution >= 4 is 16.5 Å². The average molecular weight is 296 g/mol. The van der Waals surface area contributed by atoms with Crippen molar-refractivity contribution in [1.82, 2.24) is 14.5 Å². The zero-order valence-corrected chi connectivity index (χ0v) is 14.1. The number of hydrogen-bond donors (Lipinski definition) is 1. The SMILES string of the molecule is CCNc1snnc1CN1CCCC(C(C)(C)C)CC1. The third kappa shape index (κ3) is 4.16. The Bertz CT molecular complexity index is 410. The molecule has 1 aromatic heterocycles. The Balaban J connectivity index is 1.92. The van der Waals surface area contributed by atoms with Gasteiger partial charge in [0, 0.05) is 24.6 Å². The first-order valence-corrected chi connectivity index (χ1v) is 8.55. The maximum Gasteiger partial charge on any atom is 0.134 e. The van der Waals surface area contributed by atoms with Gasteiger partial charge in [0.05, 0.1) is 0 Å². The molecule has 0 amide bonds. The van der Waals surface area contributed by atoms with Gasteiger partial charge in [0.2, 0.25) is 0 Å². The van der Waals surface area contributed by atoms with Crippen LogP contribution < -0.4 is 5.32 Å². The molecule has 0 radical (unpaired) electrons. The van der Waals surface area contributed by atoms with Crippen molar-refractivity contribution in [2.24, 2.45) is 11.3 Å². The Morgan fingerprint density at radius 3 is 2.80 bits per heavy atom. The van der Waals surface area contributed by atoms with Crippen molar-refractivity contribution in [3.63, 3.8) is 0 Å². The van der Waals surface area contributed by atoms with Crippen LogP contribution in [0.15, 0.2) is 0 Å². The molecule has 20 heavy (non-hydrogen) atoms. The van der Waals surface area contributed by atoms with E-state index in [1.807, 2.05) is 0 Å². The van der Waals surface area contributed by atoms with Crippen LogP contribution in [0.4, 0.5) is 5.00 Å². The van der Waals surface area contributed by atoms with Crippen LogP contribution in [0.3, 0.4) is 0 Å². The molecule has 1 saturated heterocycles. The number of nitrogens with one attached hydrogen (secondary N) is 1. The van der Waals surface area contributed by atoms with Crippen LogP contribution in [0.25, 0.3) is 0 Å². The fourth-order valence-corrected chi connectivity index (χ4v) is 3.64. The van der Waals surface area contributed by atoms with Gasteiger partial charge in [-0.25, -0.2) is 0 Å². The van der Waals surface area contributed by atoms with Crippen molar-refractivity contribution < 1.29 is 0 Å². The van der Waals surface area contributed by atoms with Gasteiger partial charge in [-0.3, -0.25) is 4.90 Å². The molecule has 114 valence electrons. The predicted molar refractivity (Wildman–Crippen MR) is 86.1 cm³/mol. The summed E-state index contributed by atoms with van der Waals surface area (Å²) in [5, 5.41) is 8.80. The smallest absolute Gasteiger partial charge is 0.134 e. The molecule has 2 rings (SSSR count). The lowest BCUT2D eigenvalue weighted by atomic mass is 9.77. The molecule has 1 aliphatic rings. The molecule has 0 aromatic carbocycles. The summed E-state index contributed by atoms with van der Waals surface area (Å²) in [7, 11) is 0. The van der Waals surface area contributed by atoms with Gasteiger partial charge in [-0.1, -0.05) is 25.3 Å². The van der Waals surface area contributed by atoms with Crippen LogP contribution in [-0.2, 0) is 6.54 Å². The largest absolute Gasteiger partial charge is 0.374 e. The number of anilines is 1. The molecule has 5 heteroatoms. The molecule has 1 aliphatic heterocycles. The van der Waals surface area contributed by atoms with Gasteiger partial charge < -0.3 is 5.32 Å². The van der Waals surface area contributed by atoms with Gasteiger partial charge in [0.1, 0.15) is 10.7 Å². The molecule has 2 heterocycles. The van der Waals surface area contributed by atoms with E-state index in [1.165, 1.54) is 43.9 Å². The fourth-order valence-electron chi connectivity index (χ4n) is 3.00. The zero-order chi connectivity index (χ0) is 14.6. The van der Waals surface area contributed by atoms with Gasteiger partial charge in [-0.15, -0.1) is 5.10 Å². The predicted octanol–water partition coefficient (Wildman–Crippen LogP) is 3.62. The third-order valence-electron chi connectivity index (χ3n) is 4.31. The van der Waals surface area contributed by atoms with Crippen LogP contribution >= 0.6 is 11.5 Å². The highest BCUT2D eigenvalue weighted by molar-refractivity contribution is 7.10. The standard InChI is InChI=1S/C15H28N4S/c1-5-16-14-13(17-18-20-14)11-19-9-6-7-12(8-10-19)15(2,3)4/h12,16H,5-11H2,1-4H3. The lowest BCUT2D eigenvalue weighted by Gasteiger charge is -2.29. The molecule has 1 aromatic rings. The molecule has 4 nitrogen and oxygen atoms in total. The topological polar surface area (TPSA) is 41.1 Å². The summed E-state index contributed by atoms with van der Waals surface area (Å²) in [6, 6.07) is 0. The van der Waals surface area contributed by atoms with Crippen molar-refractivity contribution in [1.29, 1.82) is 0 Å². The van der Waals surface area contributed by atoms with E-state index >= 15 is 0 Å². The molecule has 0 saturated carbocycles. The van der Waals surface area contributed by atoms with Crippen molar-refractivity contribution in [3.8, 4) is 0 Å². The lowest BCUT2D eigenvalue weighted by Crippen LogP contribution is -2.26. The van der Waals surface area contributed by atoms with E-state index in [0.29, 0.717) is 5.41 Å². The van der Waals surface area contributed by atoms with E-state index in [1.54, 1.807) is 0 Å². The molecular formula is C15H28N4S. The van der Waals surface area contributed by atoms with Gasteiger partial charge in [-0.05, 0) is 50.6 Å². The van der Waals surface area contributed by atoms with Crippen molar-refractivity contribution in [2.75, 3.05) is 25.0 Å². The average Bonchev–Trinajstić information content (AvgIpc) is 2.65. The first-order chi connectivity index (χ1) is 9.50. The number of aromatic nitrogens is 2. The van der Waals surface area contributed by atoms with Crippen LogP contribution in [0.2, 0.25) is 0 Å². The Morgan fingerprint density at radius 1 is 1.30 bits per heavy atom. The monoisotopic (exact) mass is 296 g/mol. The molecule has 1 N–H and O–H groups in total. The van der Waals surface area contributed by atoms with E-state index in [-0.39, 0.29) is 0 Å². The van der Waals surface area contributed by atoms with Crippen LogP contribution in [-0.4, -0.2) is 34.1 Å². The van der Waals surface area contributed by atoms with E-state index in [9.17, 15) is 0 Å². The number of hydrogen-bond acceptors (Lipinski definition) is 5. The minimum atomic E-state index is 0.438. The highest BCUT2D eigenvalue weighted by Gasteiger charge is 2.27. The lowest BCUT2D eigenvalue weighted by molar-refractivity contribution is 0.206. The van der Waals surface area contributed by atoms with Crippen LogP contribution in [0.1, 0.15) is 52.7 Å². The third-order valence-corrected chi connectivity index (χ3v) is 5.04. The van der Waals surface area contributed by atoms with Gasteiger partial charge in [-0.2, -0.15) is 0 Å². The molecular weight excluding hydrogens is 268 g/mol. The molecule has 1 unspecified atom stereocenters. The minimum absolute atomic E-state index is 0.438. The summed E-state index contributed by atoms with van der Waals surface area (Å²) < 4.78 is 4.09. The molecule has 0 spiro atoms. The maximum atomic E-state index is 4.29. The molecule has 0 bridgehead atoms. The van der Waals surface area contributed by atoms with Gasteiger partial charge in [0.15, 0.2) is 0 Å². The summed E-state index contributed by atoms with van der Waals surface area (Å²) in [6.07, 6.45) is 3.96. The Morgan fingerprint density at radius 2 is 2.10 bits per heavy atom. The number of likely N-dealkylation sites (tertiary alicyclic amines) is 1. The first kappa shape index (κ1) is 15.7. The van der Waals surface area contributed by atoms with E-state index in [4.69, 9.17) is 0 Å². The van der Waals surface area contributed by atoms with Crippen molar-refractivity contribution in [2.45, 2.75) is 53.5 Å². The Labute approximate surface area is 127 Å². The fraction of sp³-hybridized carbons (Fsp3) is 0.867. The summed E-state index contributed by atoms with van der Waals surface area (Å²) in [6.45, 7) is 13.5. The first-order valence-electron chi connectivity index (χ1n) is 7.78. The second kappa shape index (κ2) is 6.85. The maximum absolute atomic E-state index is 4.29. The summed E-state index contributed by atoms with van der Waals surface area (Å²) in [5.41, 5.74) is 1.55. The number of nitrogens with zero attached hydrogens (tertiary/aromatic N) is 3. The molecule has 0 aliphatic carbocycles. The highest BCUT2D eigenvalue weighted by atomic mass is 32.1. The number of rotatable bonds is 4. The second-order valence-electron chi connectivity index (χ2n) is 6.85. The normalized spacial score (nSPS) is 21.7. The summed E-state index contributed by atoms with van der Waals surface area (Å²) >= 11 is 1.47. The summed E-state index contributed by atoms with van der Waals surface area (Å²) in [5.74, 6) is 0.842. The minimum Gasteiger partial charge on any atom is -0.374 e. The summed E-state index contributed by atoms with van der Waals surface area (Å²) in [4.78, 5) is 2.54. The van der Waals surface area contributed by atoms with E-state index in [0.717, 1.165) is 29.7 Å². The van der Waals surface area contributed by atoms with Crippen LogP contribution in [0.5, 0.6) is 0 Å². The van der Waals surface area contributed by atoms with Gasteiger partial charge >= 0.3 is 0 Å². The van der Waals surface area contributed by atoms with E-state index in [2.05, 4.69) is 47.5 Å². The van der Waals surface area contributed by atoms with Crippen molar-refractivity contribution in [3.05, 3.63) is 5.69 Å². The Hall–Kier alpha value is -0.680. The zero-order valence-electron chi connectivity index (χ0n) is 13.3. The quantitative estimate of drug-likeness (QED) is 0.921. The van der Waals surface area contributed by atoms with E-state index < -0.39 is 0 Å². The molecule has 1 fully saturated rings. The van der Waals surface area contributed by atoms with Crippen LogP contribution in [0, 0.1) is 11.3 Å². The second-order valence-corrected chi connectivity index (χ2v) is 7.60.